The van der Waals surface area contributed by atoms with Gasteiger partial charge in [-0.3, -0.25) is 4.79 Å². The van der Waals surface area contributed by atoms with E-state index in [1.54, 1.807) is 11.8 Å². The van der Waals surface area contributed by atoms with Gasteiger partial charge in [0.05, 0.1) is 28.9 Å². The van der Waals surface area contributed by atoms with E-state index in [4.69, 9.17) is 0 Å². The molecular formula is C10H17N3OS2. The first-order chi connectivity index (χ1) is 7.38. The maximum atomic E-state index is 11.5. The van der Waals surface area contributed by atoms with Gasteiger partial charge in [-0.2, -0.15) is 8.75 Å². The van der Waals surface area contributed by atoms with Crippen LogP contribution in [0.5, 0.6) is 0 Å². The molecule has 1 aromatic heterocycles. The van der Waals surface area contributed by atoms with Gasteiger partial charge in [-0.25, -0.2) is 0 Å². The molecule has 90 valence electrons. The highest BCUT2D eigenvalue weighted by Gasteiger charge is 2.13. The summed E-state index contributed by atoms with van der Waals surface area (Å²) in [6.07, 6.45) is 0. The Kier molecular flexibility index (Phi) is 4.73. The van der Waals surface area contributed by atoms with Crippen LogP contribution < -0.4 is 5.32 Å². The summed E-state index contributed by atoms with van der Waals surface area (Å²) in [5, 5.41) is 2.92. The van der Waals surface area contributed by atoms with Crippen molar-refractivity contribution in [2.45, 2.75) is 39.0 Å². The lowest BCUT2D eigenvalue weighted by Gasteiger charge is -2.20. The maximum absolute atomic E-state index is 11.5. The van der Waals surface area contributed by atoms with E-state index in [0.29, 0.717) is 5.75 Å². The van der Waals surface area contributed by atoms with Crippen LogP contribution in [-0.2, 0) is 10.5 Å². The van der Waals surface area contributed by atoms with Gasteiger partial charge in [0.2, 0.25) is 5.91 Å². The van der Waals surface area contributed by atoms with Crippen molar-refractivity contribution in [2.75, 3.05) is 5.75 Å². The number of aromatic nitrogens is 2. The Labute approximate surface area is 105 Å². The van der Waals surface area contributed by atoms with Crippen molar-refractivity contribution < 1.29 is 4.79 Å². The van der Waals surface area contributed by atoms with Gasteiger partial charge in [-0.05, 0) is 27.7 Å². The Morgan fingerprint density at radius 1 is 1.44 bits per heavy atom. The van der Waals surface area contributed by atoms with E-state index >= 15 is 0 Å². The first-order valence-corrected chi connectivity index (χ1v) is 6.94. The van der Waals surface area contributed by atoms with Crippen LogP contribution in [0.2, 0.25) is 0 Å². The molecule has 1 aromatic rings. The van der Waals surface area contributed by atoms with Crippen LogP contribution >= 0.6 is 23.5 Å². The number of carbonyl (C=O) groups excluding carboxylic acids is 1. The van der Waals surface area contributed by atoms with Gasteiger partial charge < -0.3 is 5.32 Å². The number of rotatable bonds is 4. The van der Waals surface area contributed by atoms with Crippen molar-refractivity contribution >= 4 is 29.4 Å². The highest BCUT2D eigenvalue weighted by atomic mass is 32.2. The zero-order valence-electron chi connectivity index (χ0n) is 10.0. The fraction of sp³-hybridized carbons (Fsp3) is 0.700. The van der Waals surface area contributed by atoms with E-state index in [9.17, 15) is 4.79 Å². The number of nitrogens with one attached hydrogen (secondary N) is 1. The molecule has 1 N–H and O–H groups in total. The second kappa shape index (κ2) is 5.63. The molecule has 1 rings (SSSR count). The van der Waals surface area contributed by atoms with Gasteiger partial charge >= 0.3 is 0 Å². The Bertz CT molecular complexity index is 357. The second-order valence-corrected chi connectivity index (χ2v) is 6.10. The molecule has 0 saturated carbocycles. The minimum absolute atomic E-state index is 0.0679. The van der Waals surface area contributed by atoms with E-state index < -0.39 is 0 Å². The second-order valence-electron chi connectivity index (χ2n) is 4.59. The van der Waals surface area contributed by atoms with Crippen LogP contribution in [-0.4, -0.2) is 25.9 Å². The van der Waals surface area contributed by atoms with Crippen LogP contribution in [0.15, 0.2) is 0 Å². The molecule has 0 aliphatic heterocycles. The summed E-state index contributed by atoms with van der Waals surface area (Å²) < 4.78 is 8.26. The number of carbonyl (C=O) groups is 1. The average molecular weight is 259 g/mol. The smallest absolute Gasteiger partial charge is 0.230 e. The summed E-state index contributed by atoms with van der Waals surface area (Å²) in [6, 6.07) is 0. The summed E-state index contributed by atoms with van der Waals surface area (Å²) in [7, 11) is 0. The van der Waals surface area contributed by atoms with Crippen molar-refractivity contribution in [3.63, 3.8) is 0 Å². The summed E-state index contributed by atoms with van der Waals surface area (Å²) in [4.78, 5) is 11.5. The number of hydrogen-bond donors (Lipinski definition) is 1. The largest absolute Gasteiger partial charge is 0.351 e. The van der Waals surface area contributed by atoms with Crippen molar-refractivity contribution in [1.82, 2.24) is 14.1 Å². The van der Waals surface area contributed by atoms with Crippen LogP contribution in [0.25, 0.3) is 0 Å². The van der Waals surface area contributed by atoms with Gasteiger partial charge in [-0.1, -0.05) is 0 Å². The lowest BCUT2D eigenvalue weighted by molar-refractivity contribution is -0.119. The molecule has 4 nitrogen and oxygen atoms in total. The normalized spacial score (nSPS) is 11.5. The fourth-order valence-electron chi connectivity index (χ4n) is 1.08. The third-order valence-corrected chi connectivity index (χ3v) is 3.33. The summed E-state index contributed by atoms with van der Waals surface area (Å²) >= 11 is 2.79. The first kappa shape index (κ1) is 13.4. The SMILES string of the molecule is Cc1nsnc1CSCC(=O)NC(C)(C)C. The van der Waals surface area contributed by atoms with E-state index in [-0.39, 0.29) is 11.4 Å². The van der Waals surface area contributed by atoms with Gasteiger partial charge in [0.1, 0.15) is 0 Å². The predicted octanol–water partition coefficient (Wildman–Crippen LogP) is 1.99. The van der Waals surface area contributed by atoms with Gasteiger partial charge in [0.15, 0.2) is 0 Å². The minimum atomic E-state index is -0.157. The fourth-order valence-corrected chi connectivity index (χ4v) is 2.55. The van der Waals surface area contributed by atoms with Gasteiger partial charge in [0, 0.05) is 11.3 Å². The molecule has 0 aromatic carbocycles. The number of aryl methyl sites for hydroxylation is 1. The lowest BCUT2D eigenvalue weighted by Crippen LogP contribution is -2.41. The molecule has 0 fully saturated rings. The molecule has 0 spiro atoms. The summed E-state index contributed by atoms with van der Waals surface area (Å²) in [5.41, 5.74) is 1.79. The number of hydrogen-bond acceptors (Lipinski definition) is 5. The molecule has 0 bridgehead atoms. The molecule has 0 atom stereocenters. The maximum Gasteiger partial charge on any atom is 0.230 e. The Hall–Kier alpha value is -0.620. The van der Waals surface area contributed by atoms with Crippen molar-refractivity contribution in [3.05, 3.63) is 11.4 Å². The lowest BCUT2D eigenvalue weighted by atomic mass is 10.1. The van der Waals surface area contributed by atoms with E-state index in [0.717, 1.165) is 17.1 Å². The predicted molar refractivity (Wildman–Crippen MR) is 68.7 cm³/mol. The standard InChI is InChI=1S/C10H17N3OS2/c1-7-8(13-16-12-7)5-15-6-9(14)11-10(2,3)4/h5-6H2,1-4H3,(H,11,14). The highest BCUT2D eigenvalue weighted by molar-refractivity contribution is 7.99. The molecule has 0 unspecified atom stereocenters. The number of thioether (sulfide) groups is 1. The molecule has 16 heavy (non-hydrogen) atoms. The minimum Gasteiger partial charge on any atom is -0.351 e. The van der Waals surface area contributed by atoms with Gasteiger partial charge in [0.25, 0.3) is 0 Å². The average Bonchev–Trinajstić information content (AvgIpc) is 2.48. The monoisotopic (exact) mass is 259 g/mol. The van der Waals surface area contributed by atoms with E-state index in [1.807, 2.05) is 27.7 Å². The summed E-state index contributed by atoms with van der Waals surface area (Å²) in [6.45, 7) is 7.87. The van der Waals surface area contributed by atoms with Crippen LogP contribution in [0, 0.1) is 6.92 Å². The molecule has 0 aliphatic rings. The Morgan fingerprint density at radius 3 is 2.62 bits per heavy atom. The molecular weight excluding hydrogens is 242 g/mol. The van der Waals surface area contributed by atoms with Crippen LogP contribution in [0.4, 0.5) is 0 Å². The van der Waals surface area contributed by atoms with E-state index in [2.05, 4.69) is 14.1 Å². The summed E-state index contributed by atoms with van der Waals surface area (Å²) in [5.74, 6) is 1.28. The third-order valence-electron chi connectivity index (χ3n) is 1.73. The van der Waals surface area contributed by atoms with Crippen molar-refractivity contribution in [1.29, 1.82) is 0 Å². The first-order valence-electron chi connectivity index (χ1n) is 5.05. The quantitative estimate of drug-likeness (QED) is 0.898. The van der Waals surface area contributed by atoms with E-state index in [1.165, 1.54) is 11.7 Å². The highest BCUT2D eigenvalue weighted by Crippen LogP contribution is 2.14. The molecule has 1 heterocycles. The number of amides is 1. The molecule has 6 heteroatoms. The van der Waals surface area contributed by atoms with Crippen molar-refractivity contribution in [3.8, 4) is 0 Å². The number of nitrogens with zero attached hydrogens (tertiary/aromatic N) is 2. The zero-order valence-corrected chi connectivity index (χ0v) is 11.7. The molecule has 0 aliphatic carbocycles. The third kappa shape index (κ3) is 4.94. The Balaban J connectivity index is 2.26. The van der Waals surface area contributed by atoms with Crippen LogP contribution in [0.1, 0.15) is 32.2 Å². The van der Waals surface area contributed by atoms with Crippen LogP contribution in [0.3, 0.4) is 0 Å². The molecule has 0 radical (unpaired) electrons. The van der Waals surface area contributed by atoms with Gasteiger partial charge in [-0.15, -0.1) is 11.8 Å². The van der Waals surface area contributed by atoms with Crippen molar-refractivity contribution in [2.24, 2.45) is 0 Å². The molecule has 1 amide bonds. The Morgan fingerprint density at radius 2 is 2.12 bits per heavy atom. The molecule has 0 saturated heterocycles. The topological polar surface area (TPSA) is 54.9 Å². The zero-order chi connectivity index (χ0) is 12.2.